The summed E-state index contributed by atoms with van der Waals surface area (Å²) in [6.45, 7) is 0.940. The fourth-order valence-electron chi connectivity index (χ4n) is 1.50. The lowest BCUT2D eigenvalue weighted by Gasteiger charge is -2.30. The molecule has 1 rings (SSSR count). The first-order chi connectivity index (χ1) is 7.76. The molecule has 0 aliphatic carbocycles. The number of hydrogen-bond acceptors (Lipinski definition) is 6. The maximum absolute atomic E-state index is 11.9. The van der Waals surface area contributed by atoms with Gasteiger partial charge in [-0.25, -0.2) is 16.8 Å². The van der Waals surface area contributed by atoms with Gasteiger partial charge >= 0.3 is 0 Å². The summed E-state index contributed by atoms with van der Waals surface area (Å²) in [7, 11) is -7.01. The number of rotatable bonds is 4. The van der Waals surface area contributed by atoms with Crippen LogP contribution in [0, 0.1) is 11.3 Å². The lowest BCUT2D eigenvalue weighted by molar-refractivity contribution is 0.312. The number of nitrogens with one attached hydrogen (secondary N) is 1. The van der Waals surface area contributed by atoms with Gasteiger partial charge in [-0.1, -0.05) is 0 Å². The quantitative estimate of drug-likeness (QED) is 0.648. The summed E-state index contributed by atoms with van der Waals surface area (Å²) < 4.78 is 46.7. The molecule has 0 bridgehead atoms. The highest BCUT2D eigenvalue weighted by atomic mass is 32.2. The Kier molecular flexibility index (Phi) is 4.48. The van der Waals surface area contributed by atoms with E-state index in [9.17, 15) is 16.8 Å². The summed E-state index contributed by atoms with van der Waals surface area (Å²) in [4.78, 5) is 0. The second-order valence-corrected chi connectivity index (χ2v) is 8.21. The van der Waals surface area contributed by atoms with Crippen molar-refractivity contribution in [2.24, 2.45) is 0 Å². The van der Waals surface area contributed by atoms with Gasteiger partial charge in [0.2, 0.25) is 10.0 Å². The molecule has 1 saturated heterocycles. The SMILES string of the molecule is CS(=O)(=O)CCS(=O)(=O)N1CCNCC1C#N. The van der Waals surface area contributed by atoms with Crippen LogP contribution < -0.4 is 5.32 Å². The van der Waals surface area contributed by atoms with E-state index in [0.717, 1.165) is 10.6 Å². The van der Waals surface area contributed by atoms with Crippen LogP contribution in [-0.4, -0.2) is 64.6 Å². The van der Waals surface area contributed by atoms with Crippen LogP contribution in [0.15, 0.2) is 0 Å². The van der Waals surface area contributed by atoms with Gasteiger partial charge in [0.15, 0.2) is 0 Å². The largest absolute Gasteiger partial charge is 0.313 e. The third-order valence-corrected chi connectivity index (χ3v) is 5.49. The van der Waals surface area contributed by atoms with E-state index in [1.807, 2.05) is 6.07 Å². The van der Waals surface area contributed by atoms with E-state index < -0.39 is 37.4 Å². The van der Waals surface area contributed by atoms with Gasteiger partial charge in [0.1, 0.15) is 15.9 Å². The number of sulfonamides is 1. The summed E-state index contributed by atoms with van der Waals surface area (Å²) in [6.07, 6.45) is 0.988. The van der Waals surface area contributed by atoms with Gasteiger partial charge in [-0.05, 0) is 0 Å². The summed E-state index contributed by atoms with van der Waals surface area (Å²) >= 11 is 0. The van der Waals surface area contributed by atoms with E-state index >= 15 is 0 Å². The molecule has 0 saturated carbocycles. The van der Waals surface area contributed by atoms with Crippen molar-refractivity contribution in [3.63, 3.8) is 0 Å². The van der Waals surface area contributed by atoms with Gasteiger partial charge < -0.3 is 5.32 Å². The topological polar surface area (TPSA) is 107 Å². The molecule has 1 atom stereocenters. The highest BCUT2D eigenvalue weighted by Gasteiger charge is 2.32. The van der Waals surface area contributed by atoms with Crippen LogP contribution in [0.25, 0.3) is 0 Å². The molecule has 1 aliphatic heterocycles. The van der Waals surface area contributed by atoms with Crippen LogP contribution in [0.3, 0.4) is 0 Å². The van der Waals surface area contributed by atoms with E-state index in [4.69, 9.17) is 5.26 Å². The zero-order valence-corrected chi connectivity index (χ0v) is 11.1. The molecule has 1 heterocycles. The van der Waals surface area contributed by atoms with Crippen LogP contribution in [0.4, 0.5) is 0 Å². The molecule has 0 radical (unpaired) electrons. The zero-order valence-electron chi connectivity index (χ0n) is 9.46. The molecule has 0 aromatic rings. The number of hydrogen-bond donors (Lipinski definition) is 1. The maximum Gasteiger partial charge on any atom is 0.216 e. The molecule has 1 fully saturated rings. The van der Waals surface area contributed by atoms with Gasteiger partial charge in [0.25, 0.3) is 0 Å². The van der Waals surface area contributed by atoms with E-state index in [1.165, 1.54) is 0 Å². The van der Waals surface area contributed by atoms with Crippen LogP contribution in [0.2, 0.25) is 0 Å². The van der Waals surface area contributed by atoms with Crippen LogP contribution in [-0.2, 0) is 19.9 Å². The van der Waals surface area contributed by atoms with Crippen LogP contribution >= 0.6 is 0 Å². The lowest BCUT2D eigenvalue weighted by Crippen LogP contribution is -2.53. The highest BCUT2D eigenvalue weighted by molar-refractivity contribution is 7.93. The van der Waals surface area contributed by atoms with Crippen molar-refractivity contribution in [3.8, 4) is 6.07 Å². The number of nitriles is 1. The zero-order chi connectivity index (χ0) is 13.1. The molecule has 7 nitrogen and oxygen atoms in total. The van der Waals surface area contributed by atoms with Gasteiger partial charge in [0, 0.05) is 25.9 Å². The molecular formula is C8H15N3O4S2. The van der Waals surface area contributed by atoms with Crippen LogP contribution in [0.1, 0.15) is 0 Å². The summed E-state index contributed by atoms with van der Waals surface area (Å²) in [6, 6.07) is 1.14. The van der Waals surface area contributed by atoms with Crippen molar-refractivity contribution in [1.82, 2.24) is 9.62 Å². The molecule has 0 aromatic carbocycles. The number of sulfone groups is 1. The predicted molar refractivity (Wildman–Crippen MR) is 62.5 cm³/mol. The molecule has 0 amide bonds. The lowest BCUT2D eigenvalue weighted by atomic mass is 10.3. The first kappa shape index (κ1) is 14.4. The summed E-state index contributed by atoms with van der Waals surface area (Å²) in [5, 5.41) is 11.8. The minimum atomic E-state index is -3.69. The van der Waals surface area contributed by atoms with Crippen molar-refractivity contribution in [3.05, 3.63) is 0 Å². The minimum absolute atomic E-state index is 0.199. The summed E-state index contributed by atoms with van der Waals surface area (Å²) in [5.74, 6) is -0.887. The Morgan fingerprint density at radius 3 is 2.53 bits per heavy atom. The third-order valence-electron chi connectivity index (χ3n) is 2.41. The molecule has 98 valence electrons. The smallest absolute Gasteiger partial charge is 0.216 e. The summed E-state index contributed by atoms with van der Waals surface area (Å²) in [5.41, 5.74) is 0. The van der Waals surface area contributed by atoms with Gasteiger partial charge in [-0.2, -0.15) is 9.57 Å². The normalized spacial score (nSPS) is 23.2. The van der Waals surface area contributed by atoms with Crippen molar-refractivity contribution in [2.45, 2.75) is 6.04 Å². The third kappa shape index (κ3) is 4.23. The average molecular weight is 281 g/mol. The van der Waals surface area contributed by atoms with E-state index in [-0.39, 0.29) is 13.1 Å². The van der Waals surface area contributed by atoms with E-state index in [2.05, 4.69) is 5.32 Å². The molecule has 17 heavy (non-hydrogen) atoms. The molecule has 0 spiro atoms. The Bertz CT molecular complexity index is 505. The molecule has 1 unspecified atom stereocenters. The van der Waals surface area contributed by atoms with Gasteiger partial charge in [0.05, 0.1) is 17.6 Å². The Morgan fingerprint density at radius 2 is 2.00 bits per heavy atom. The first-order valence-electron chi connectivity index (χ1n) is 5.04. The average Bonchev–Trinajstić information content (AvgIpc) is 2.26. The molecule has 1 aliphatic rings. The fourth-order valence-corrected chi connectivity index (χ4v) is 4.67. The molecule has 0 aromatic heterocycles. The number of piperazine rings is 1. The van der Waals surface area contributed by atoms with E-state index in [0.29, 0.717) is 6.54 Å². The Morgan fingerprint density at radius 1 is 1.35 bits per heavy atom. The van der Waals surface area contributed by atoms with Crippen molar-refractivity contribution >= 4 is 19.9 Å². The Balaban J connectivity index is 2.79. The highest BCUT2D eigenvalue weighted by Crippen LogP contribution is 2.10. The van der Waals surface area contributed by atoms with Crippen molar-refractivity contribution in [2.75, 3.05) is 37.4 Å². The second-order valence-electron chi connectivity index (χ2n) is 3.91. The fraction of sp³-hybridized carbons (Fsp3) is 0.875. The van der Waals surface area contributed by atoms with Crippen molar-refractivity contribution in [1.29, 1.82) is 5.26 Å². The van der Waals surface area contributed by atoms with Gasteiger partial charge in [-0.3, -0.25) is 0 Å². The van der Waals surface area contributed by atoms with E-state index in [1.54, 1.807) is 0 Å². The van der Waals surface area contributed by atoms with Gasteiger partial charge in [-0.15, -0.1) is 0 Å². The Hall–Kier alpha value is -0.690. The maximum atomic E-state index is 11.9. The van der Waals surface area contributed by atoms with Crippen LogP contribution in [0.5, 0.6) is 0 Å². The Labute approximate surface area is 101 Å². The standard InChI is InChI=1S/C8H15N3O4S2/c1-16(12,13)4-5-17(14,15)11-3-2-10-7-8(11)6-9/h8,10H,2-5,7H2,1H3. The second kappa shape index (κ2) is 5.30. The molecule has 1 N–H and O–H groups in total. The predicted octanol–water partition coefficient (Wildman–Crippen LogP) is -1.84. The molecule has 9 heteroatoms. The minimum Gasteiger partial charge on any atom is -0.313 e. The van der Waals surface area contributed by atoms with Crippen molar-refractivity contribution < 1.29 is 16.8 Å². The molecular weight excluding hydrogens is 266 g/mol. The monoisotopic (exact) mass is 281 g/mol. The number of nitrogens with zero attached hydrogens (tertiary/aromatic N) is 2. The first-order valence-corrected chi connectivity index (χ1v) is 8.71.